The molecule has 1 N–H and O–H groups in total. The fraction of sp³-hybridized carbons (Fsp3) is 0.889. The Morgan fingerprint density at radius 2 is 2.08 bits per heavy atom. The van der Waals surface area contributed by atoms with E-state index in [2.05, 4.69) is 11.8 Å². The number of halogens is 1. The topological polar surface area (TPSA) is 40.5 Å². The van der Waals surface area contributed by atoms with Gasteiger partial charge in [-0.3, -0.25) is 4.79 Å². The highest BCUT2D eigenvalue weighted by Crippen LogP contribution is 2.29. The summed E-state index contributed by atoms with van der Waals surface area (Å²) in [6.45, 7) is 4.79. The van der Waals surface area contributed by atoms with Crippen LogP contribution in [0, 0.1) is 0 Å². The Morgan fingerprint density at radius 1 is 1.54 bits per heavy atom. The van der Waals surface area contributed by atoms with Gasteiger partial charge in [0.15, 0.2) is 0 Å². The molecule has 1 aliphatic heterocycles. The monoisotopic (exact) mass is 205 g/mol. The van der Waals surface area contributed by atoms with Gasteiger partial charge < -0.3 is 10.0 Å². The molecule has 0 spiro atoms. The Bertz CT molecular complexity index is 188. The molecule has 0 aliphatic carbocycles. The average Bonchev–Trinajstić information content (AvgIpc) is 2.09. The highest BCUT2D eigenvalue weighted by molar-refractivity contribution is 6.33. The second-order valence-corrected chi connectivity index (χ2v) is 4.34. The lowest BCUT2D eigenvalue weighted by Crippen LogP contribution is -2.45. The van der Waals surface area contributed by atoms with Crippen LogP contribution in [0.3, 0.4) is 0 Å². The van der Waals surface area contributed by atoms with Gasteiger partial charge in [0.2, 0.25) is 0 Å². The first-order chi connectivity index (χ1) is 6.08. The third-order valence-corrected chi connectivity index (χ3v) is 3.11. The number of alkyl halides is 1. The van der Waals surface area contributed by atoms with Crippen LogP contribution in [0.2, 0.25) is 0 Å². The summed E-state index contributed by atoms with van der Waals surface area (Å²) in [6.07, 6.45) is 2.23. The fourth-order valence-electron chi connectivity index (χ4n) is 1.66. The molecular formula is C9H16ClNO2. The molecule has 0 saturated carbocycles. The lowest BCUT2D eigenvalue weighted by molar-refractivity contribution is -0.141. The lowest BCUT2D eigenvalue weighted by atomic mass is 9.96. The van der Waals surface area contributed by atoms with Gasteiger partial charge in [0.05, 0.1) is 0 Å². The molecule has 4 heteroatoms. The summed E-state index contributed by atoms with van der Waals surface area (Å²) >= 11 is 5.95. The maximum absolute atomic E-state index is 10.8. The van der Waals surface area contributed by atoms with Crippen LogP contribution in [0.1, 0.15) is 26.2 Å². The first-order valence-corrected chi connectivity index (χ1v) is 5.11. The largest absolute Gasteiger partial charge is 0.480 e. The number of piperidine rings is 1. The number of nitrogens with zero attached hydrogens (tertiary/aromatic N) is 1. The van der Waals surface area contributed by atoms with Crippen LogP contribution >= 0.6 is 11.6 Å². The van der Waals surface area contributed by atoms with Crippen LogP contribution in [-0.2, 0) is 4.79 Å². The number of likely N-dealkylation sites (tertiary alicyclic amines) is 1. The molecule has 1 aliphatic rings. The number of carboxylic acid groups (broad SMARTS) is 1. The third-order valence-electron chi connectivity index (χ3n) is 2.57. The maximum atomic E-state index is 10.8. The molecule has 1 fully saturated rings. The van der Waals surface area contributed by atoms with Gasteiger partial charge in [-0.1, -0.05) is 6.92 Å². The van der Waals surface area contributed by atoms with Crippen molar-refractivity contribution in [3.8, 4) is 0 Å². The van der Waals surface area contributed by atoms with Gasteiger partial charge in [-0.15, -0.1) is 11.6 Å². The van der Waals surface area contributed by atoms with Crippen LogP contribution in [-0.4, -0.2) is 40.5 Å². The molecule has 0 amide bonds. The molecule has 0 radical (unpaired) electrons. The third kappa shape index (κ3) is 2.58. The summed E-state index contributed by atoms with van der Waals surface area (Å²) in [6, 6.07) is 0. The van der Waals surface area contributed by atoms with E-state index in [1.54, 1.807) is 0 Å². The van der Waals surface area contributed by atoms with Gasteiger partial charge >= 0.3 is 5.97 Å². The molecule has 76 valence electrons. The Hall–Kier alpha value is -0.280. The highest BCUT2D eigenvalue weighted by Gasteiger charge is 2.39. The molecule has 1 rings (SSSR count). The predicted octanol–water partition coefficient (Wildman–Crippen LogP) is 1.55. The van der Waals surface area contributed by atoms with Crippen molar-refractivity contribution >= 4 is 17.6 Å². The van der Waals surface area contributed by atoms with Crippen LogP contribution < -0.4 is 0 Å². The second kappa shape index (κ2) is 4.29. The van der Waals surface area contributed by atoms with Crippen molar-refractivity contribution in [1.82, 2.24) is 4.90 Å². The minimum absolute atomic E-state index is 0.559. The molecule has 3 nitrogen and oxygen atoms in total. The van der Waals surface area contributed by atoms with Crippen molar-refractivity contribution in [3.63, 3.8) is 0 Å². The Kier molecular flexibility index (Phi) is 3.56. The van der Waals surface area contributed by atoms with E-state index in [0.29, 0.717) is 12.8 Å². The van der Waals surface area contributed by atoms with E-state index >= 15 is 0 Å². The molecule has 1 heterocycles. The van der Waals surface area contributed by atoms with Crippen molar-refractivity contribution in [3.05, 3.63) is 0 Å². The van der Waals surface area contributed by atoms with Crippen molar-refractivity contribution in [2.24, 2.45) is 0 Å². The second-order valence-electron chi connectivity index (χ2n) is 3.61. The summed E-state index contributed by atoms with van der Waals surface area (Å²) < 4.78 is 0. The summed E-state index contributed by atoms with van der Waals surface area (Å²) in [5.74, 6) is -0.870. The Labute approximate surface area is 83.7 Å². The van der Waals surface area contributed by atoms with E-state index in [1.165, 1.54) is 0 Å². The molecule has 0 aromatic heterocycles. The SMILES string of the molecule is CCCN1CCC(Cl)(C(=O)O)CC1. The fourth-order valence-corrected chi connectivity index (χ4v) is 1.83. The van der Waals surface area contributed by atoms with E-state index in [1.807, 2.05) is 0 Å². The number of hydrogen-bond acceptors (Lipinski definition) is 2. The summed E-state index contributed by atoms with van der Waals surface area (Å²) in [5, 5.41) is 8.86. The molecule has 0 unspecified atom stereocenters. The standard InChI is InChI=1S/C9H16ClNO2/c1-2-5-11-6-3-9(10,4-7-11)8(12)13/h2-7H2,1H3,(H,12,13). The van der Waals surface area contributed by atoms with Crippen LogP contribution in [0.4, 0.5) is 0 Å². The van der Waals surface area contributed by atoms with E-state index in [9.17, 15) is 4.79 Å². The van der Waals surface area contributed by atoms with Crippen molar-refractivity contribution in [1.29, 1.82) is 0 Å². The van der Waals surface area contributed by atoms with Crippen molar-refractivity contribution in [2.45, 2.75) is 31.1 Å². The van der Waals surface area contributed by atoms with Gasteiger partial charge in [-0.2, -0.15) is 0 Å². The van der Waals surface area contributed by atoms with Gasteiger partial charge in [0.25, 0.3) is 0 Å². The van der Waals surface area contributed by atoms with E-state index in [4.69, 9.17) is 16.7 Å². The summed E-state index contributed by atoms with van der Waals surface area (Å²) in [5.41, 5.74) is 0. The zero-order chi connectivity index (χ0) is 9.90. The van der Waals surface area contributed by atoms with Gasteiger partial charge in [0, 0.05) is 13.1 Å². The average molecular weight is 206 g/mol. The zero-order valence-corrected chi connectivity index (χ0v) is 8.68. The molecule has 0 bridgehead atoms. The van der Waals surface area contributed by atoms with Crippen molar-refractivity contribution in [2.75, 3.05) is 19.6 Å². The summed E-state index contributed by atoms with van der Waals surface area (Å²) in [4.78, 5) is 12.1. The molecule has 1 saturated heterocycles. The first kappa shape index (κ1) is 10.8. The minimum atomic E-state index is -0.996. The van der Waals surface area contributed by atoms with Crippen LogP contribution in [0.25, 0.3) is 0 Å². The Morgan fingerprint density at radius 3 is 2.46 bits per heavy atom. The Balaban J connectivity index is 2.42. The first-order valence-electron chi connectivity index (χ1n) is 4.73. The predicted molar refractivity (Wildman–Crippen MR) is 52.2 cm³/mol. The van der Waals surface area contributed by atoms with E-state index in [0.717, 1.165) is 26.1 Å². The number of aliphatic carboxylic acids is 1. The minimum Gasteiger partial charge on any atom is -0.480 e. The zero-order valence-electron chi connectivity index (χ0n) is 7.92. The maximum Gasteiger partial charge on any atom is 0.324 e. The molecule has 13 heavy (non-hydrogen) atoms. The molecule has 0 atom stereocenters. The van der Waals surface area contributed by atoms with Crippen LogP contribution in [0.5, 0.6) is 0 Å². The quantitative estimate of drug-likeness (QED) is 0.711. The lowest BCUT2D eigenvalue weighted by Gasteiger charge is -2.34. The number of hydrogen-bond donors (Lipinski definition) is 1. The summed E-state index contributed by atoms with van der Waals surface area (Å²) in [7, 11) is 0. The van der Waals surface area contributed by atoms with Crippen LogP contribution in [0.15, 0.2) is 0 Å². The van der Waals surface area contributed by atoms with Gasteiger partial charge in [-0.25, -0.2) is 0 Å². The number of carboxylic acids is 1. The molecule has 0 aromatic carbocycles. The molecular weight excluding hydrogens is 190 g/mol. The normalized spacial score (nSPS) is 22.9. The highest BCUT2D eigenvalue weighted by atomic mass is 35.5. The van der Waals surface area contributed by atoms with E-state index in [-0.39, 0.29) is 0 Å². The van der Waals surface area contributed by atoms with E-state index < -0.39 is 10.8 Å². The molecule has 0 aromatic rings. The van der Waals surface area contributed by atoms with Gasteiger partial charge in [0.1, 0.15) is 4.87 Å². The van der Waals surface area contributed by atoms with Crippen molar-refractivity contribution < 1.29 is 9.90 Å². The smallest absolute Gasteiger partial charge is 0.324 e. The van der Waals surface area contributed by atoms with Gasteiger partial charge in [-0.05, 0) is 25.8 Å². The number of carbonyl (C=O) groups is 1. The number of rotatable bonds is 3.